The average Bonchev–Trinajstić information content (AvgIpc) is 3.21. The summed E-state index contributed by atoms with van der Waals surface area (Å²) in [5.41, 5.74) is 8.69. The van der Waals surface area contributed by atoms with Gasteiger partial charge < -0.3 is 24.5 Å². The molecule has 10 nitrogen and oxygen atoms in total. The van der Waals surface area contributed by atoms with E-state index >= 15 is 0 Å². The SMILES string of the molecule is CC.Cc1cnc(N)nc1-c1cc2c(n1CCOC1CCCCO1)CCN(C(=O)OC(C)(C)C)C2=O. The maximum Gasteiger partial charge on any atom is 0.417 e. The predicted octanol–water partition coefficient (Wildman–Crippen LogP) is 4.34. The summed E-state index contributed by atoms with van der Waals surface area (Å²) in [6.07, 6.45) is 4.33. The minimum Gasteiger partial charge on any atom is -0.443 e. The fraction of sp³-hybridized carbons (Fsp3) is 0.615. The van der Waals surface area contributed by atoms with Crippen molar-refractivity contribution < 1.29 is 23.8 Å². The molecule has 1 saturated heterocycles. The number of hydrogen-bond acceptors (Lipinski definition) is 8. The van der Waals surface area contributed by atoms with Gasteiger partial charge in [0.15, 0.2) is 6.29 Å². The number of ether oxygens (including phenoxy) is 3. The number of carbonyl (C=O) groups is 2. The second-order valence-corrected chi connectivity index (χ2v) is 9.66. The van der Waals surface area contributed by atoms with Crippen LogP contribution in [0.3, 0.4) is 0 Å². The van der Waals surface area contributed by atoms with E-state index in [0.29, 0.717) is 37.4 Å². The predicted molar refractivity (Wildman–Crippen MR) is 136 cm³/mol. The van der Waals surface area contributed by atoms with Crippen molar-refractivity contribution in [3.05, 3.63) is 29.1 Å². The summed E-state index contributed by atoms with van der Waals surface area (Å²) in [7, 11) is 0. The largest absolute Gasteiger partial charge is 0.443 e. The Morgan fingerprint density at radius 3 is 2.69 bits per heavy atom. The molecule has 1 fully saturated rings. The summed E-state index contributed by atoms with van der Waals surface area (Å²) in [5, 5.41) is 0. The quantitative estimate of drug-likeness (QED) is 0.642. The van der Waals surface area contributed by atoms with Gasteiger partial charge in [0.2, 0.25) is 5.95 Å². The van der Waals surface area contributed by atoms with Crippen LogP contribution in [-0.4, -0.2) is 63.1 Å². The van der Waals surface area contributed by atoms with Gasteiger partial charge in [0.1, 0.15) is 5.60 Å². The molecule has 2 aliphatic heterocycles. The second kappa shape index (κ2) is 11.8. The van der Waals surface area contributed by atoms with Gasteiger partial charge >= 0.3 is 6.09 Å². The molecule has 198 valence electrons. The van der Waals surface area contributed by atoms with Crippen LogP contribution in [0.4, 0.5) is 10.7 Å². The number of carbonyl (C=O) groups excluding carboxylic acids is 2. The number of hydrogen-bond donors (Lipinski definition) is 1. The van der Waals surface area contributed by atoms with E-state index < -0.39 is 11.7 Å². The lowest BCUT2D eigenvalue weighted by atomic mass is 10.1. The number of nitrogen functional groups attached to an aromatic ring is 1. The van der Waals surface area contributed by atoms with Crippen molar-refractivity contribution in [3.63, 3.8) is 0 Å². The van der Waals surface area contributed by atoms with Gasteiger partial charge in [-0.25, -0.2) is 19.7 Å². The highest BCUT2D eigenvalue weighted by atomic mass is 16.7. The highest BCUT2D eigenvalue weighted by molar-refractivity contribution is 6.05. The van der Waals surface area contributed by atoms with E-state index in [9.17, 15) is 9.59 Å². The molecule has 2 amide bonds. The molecule has 2 N–H and O–H groups in total. The van der Waals surface area contributed by atoms with Crippen LogP contribution in [-0.2, 0) is 27.2 Å². The van der Waals surface area contributed by atoms with Crippen LogP contribution in [0.25, 0.3) is 11.4 Å². The Bertz CT molecular complexity index is 1070. The summed E-state index contributed by atoms with van der Waals surface area (Å²) in [5.74, 6) is -0.230. The maximum absolute atomic E-state index is 13.3. The van der Waals surface area contributed by atoms with Crippen LogP contribution in [0.1, 0.15) is 75.5 Å². The smallest absolute Gasteiger partial charge is 0.417 e. The van der Waals surface area contributed by atoms with Crippen LogP contribution in [0, 0.1) is 6.92 Å². The van der Waals surface area contributed by atoms with Crippen molar-refractivity contribution in [2.45, 2.75) is 85.7 Å². The molecule has 1 unspecified atom stereocenters. The van der Waals surface area contributed by atoms with Gasteiger partial charge in [0.05, 0.1) is 23.6 Å². The molecule has 0 aromatic carbocycles. The molecule has 4 heterocycles. The van der Waals surface area contributed by atoms with E-state index in [2.05, 4.69) is 9.97 Å². The third-order valence-electron chi connectivity index (χ3n) is 5.86. The van der Waals surface area contributed by atoms with E-state index in [1.54, 1.807) is 33.0 Å². The molecular weight excluding hydrogens is 462 g/mol. The number of fused-ring (bicyclic) bond motifs is 1. The van der Waals surface area contributed by atoms with E-state index in [-0.39, 0.29) is 24.7 Å². The lowest BCUT2D eigenvalue weighted by Crippen LogP contribution is -2.44. The van der Waals surface area contributed by atoms with Crippen LogP contribution in [0.15, 0.2) is 12.3 Å². The number of anilines is 1. The van der Waals surface area contributed by atoms with Gasteiger partial charge in [-0.1, -0.05) is 13.8 Å². The minimum atomic E-state index is -0.692. The summed E-state index contributed by atoms with van der Waals surface area (Å²) < 4.78 is 19.1. The fourth-order valence-electron chi connectivity index (χ4n) is 4.28. The van der Waals surface area contributed by atoms with E-state index in [0.717, 1.165) is 41.1 Å². The molecule has 0 saturated carbocycles. The molecule has 0 aliphatic carbocycles. The first-order valence-electron chi connectivity index (χ1n) is 12.7. The Morgan fingerprint density at radius 2 is 2.03 bits per heavy atom. The van der Waals surface area contributed by atoms with Crippen molar-refractivity contribution in [2.75, 3.05) is 25.5 Å². The third kappa shape index (κ3) is 6.41. The average molecular weight is 502 g/mol. The second-order valence-electron chi connectivity index (χ2n) is 9.66. The number of nitrogens with zero attached hydrogens (tertiary/aromatic N) is 4. The number of aromatic nitrogens is 3. The molecule has 10 heteroatoms. The summed E-state index contributed by atoms with van der Waals surface area (Å²) in [6, 6.07) is 1.78. The van der Waals surface area contributed by atoms with Gasteiger partial charge in [-0.05, 0) is 58.6 Å². The molecule has 1 atom stereocenters. The molecule has 0 spiro atoms. The zero-order valence-electron chi connectivity index (χ0n) is 22.3. The van der Waals surface area contributed by atoms with Crippen molar-refractivity contribution in [2.24, 2.45) is 0 Å². The van der Waals surface area contributed by atoms with Gasteiger partial charge in [-0.3, -0.25) is 4.79 Å². The zero-order valence-corrected chi connectivity index (χ0v) is 22.3. The van der Waals surface area contributed by atoms with Crippen molar-refractivity contribution in [3.8, 4) is 11.4 Å². The molecule has 0 radical (unpaired) electrons. The Hall–Kier alpha value is -2.98. The summed E-state index contributed by atoms with van der Waals surface area (Å²) in [6.45, 7) is 13.1. The Kier molecular flexibility index (Phi) is 9.08. The minimum absolute atomic E-state index is 0.153. The first kappa shape index (κ1) is 27.6. The molecule has 2 aromatic rings. The van der Waals surface area contributed by atoms with Crippen molar-refractivity contribution in [1.82, 2.24) is 19.4 Å². The topological polar surface area (TPSA) is 122 Å². The normalized spacial score (nSPS) is 17.8. The van der Waals surface area contributed by atoms with Crippen LogP contribution in [0.2, 0.25) is 0 Å². The van der Waals surface area contributed by atoms with Gasteiger partial charge in [0.25, 0.3) is 5.91 Å². The summed E-state index contributed by atoms with van der Waals surface area (Å²) in [4.78, 5) is 35.6. The number of imide groups is 1. The Balaban J connectivity index is 0.00000176. The zero-order chi connectivity index (χ0) is 26.5. The number of amides is 2. The molecular formula is C26H39N5O5. The molecule has 4 rings (SSSR count). The third-order valence-corrected chi connectivity index (χ3v) is 5.86. The van der Waals surface area contributed by atoms with Gasteiger partial charge in [0, 0.05) is 38.0 Å². The summed E-state index contributed by atoms with van der Waals surface area (Å²) >= 11 is 0. The first-order valence-corrected chi connectivity index (χ1v) is 12.7. The monoisotopic (exact) mass is 501 g/mol. The van der Waals surface area contributed by atoms with E-state index in [1.807, 2.05) is 25.3 Å². The van der Waals surface area contributed by atoms with Crippen LogP contribution < -0.4 is 5.73 Å². The van der Waals surface area contributed by atoms with Crippen molar-refractivity contribution in [1.29, 1.82) is 0 Å². The molecule has 0 bridgehead atoms. The lowest BCUT2D eigenvalue weighted by molar-refractivity contribution is -0.163. The van der Waals surface area contributed by atoms with Gasteiger partial charge in [-0.2, -0.15) is 0 Å². The van der Waals surface area contributed by atoms with Crippen LogP contribution >= 0.6 is 0 Å². The highest BCUT2D eigenvalue weighted by Crippen LogP contribution is 2.31. The Morgan fingerprint density at radius 1 is 1.28 bits per heavy atom. The number of nitrogens with two attached hydrogens (primary N) is 1. The lowest BCUT2D eigenvalue weighted by Gasteiger charge is -2.29. The van der Waals surface area contributed by atoms with E-state index in [4.69, 9.17) is 19.9 Å². The number of rotatable bonds is 5. The molecule has 2 aromatic heterocycles. The van der Waals surface area contributed by atoms with Crippen molar-refractivity contribution >= 4 is 17.9 Å². The Labute approximate surface area is 213 Å². The fourth-order valence-corrected chi connectivity index (χ4v) is 4.28. The van der Waals surface area contributed by atoms with Crippen LogP contribution in [0.5, 0.6) is 0 Å². The molecule has 36 heavy (non-hydrogen) atoms. The highest BCUT2D eigenvalue weighted by Gasteiger charge is 2.35. The maximum atomic E-state index is 13.3. The standard InChI is InChI=1S/C24H33N5O5.C2H6/c1-15-14-26-22(25)27-20(15)18-13-16-17(28(18)10-12-33-19-7-5-6-11-32-19)8-9-29(21(16)30)23(31)34-24(2,3)4;1-2/h13-14,19H,5-12H2,1-4H3,(H2,25,26,27);1-2H3. The first-order chi connectivity index (χ1) is 17.1. The number of aryl methyl sites for hydroxylation is 1. The van der Waals surface area contributed by atoms with Gasteiger partial charge in [-0.15, -0.1) is 0 Å². The van der Waals surface area contributed by atoms with E-state index in [1.165, 1.54) is 0 Å². The molecule has 2 aliphatic rings.